The van der Waals surface area contributed by atoms with Crippen LogP contribution >= 0.6 is 0 Å². The van der Waals surface area contributed by atoms with Crippen LogP contribution in [0.2, 0.25) is 0 Å². The number of hydrogen-bond donors (Lipinski definition) is 2. The zero-order chi connectivity index (χ0) is 27.8. The Bertz CT molecular complexity index is 1470. The predicted molar refractivity (Wildman–Crippen MR) is 144 cm³/mol. The first-order valence-electron chi connectivity index (χ1n) is 13.2. The summed E-state index contributed by atoms with van der Waals surface area (Å²) in [6.45, 7) is 3.06. The van der Waals surface area contributed by atoms with Gasteiger partial charge in [-0.1, -0.05) is 0 Å². The van der Waals surface area contributed by atoms with Gasteiger partial charge in [-0.3, -0.25) is 14.3 Å². The van der Waals surface area contributed by atoms with Crippen molar-refractivity contribution in [3.63, 3.8) is 0 Å². The van der Waals surface area contributed by atoms with Gasteiger partial charge in [-0.25, -0.2) is 22.2 Å². The number of rotatable bonds is 6. The van der Waals surface area contributed by atoms with Crippen molar-refractivity contribution in [1.82, 2.24) is 4.98 Å². The van der Waals surface area contributed by atoms with Crippen LogP contribution in [-0.4, -0.2) is 57.0 Å². The Morgan fingerprint density at radius 3 is 2.36 bits per heavy atom. The zero-order valence-corrected chi connectivity index (χ0v) is 22.7. The molecule has 0 atom stereocenters. The molecule has 2 aliphatic heterocycles. The number of likely N-dealkylation sites (N-methyl/N-ethyl adjacent to an activating group) is 1. The highest BCUT2D eigenvalue weighted by Gasteiger charge is 2.67. The zero-order valence-electron chi connectivity index (χ0n) is 21.9. The lowest BCUT2D eigenvalue weighted by atomic mass is 9.64. The lowest BCUT2D eigenvalue weighted by molar-refractivity contribution is -0.154. The number of aromatic nitrogens is 1. The van der Waals surface area contributed by atoms with E-state index in [0.717, 1.165) is 25.9 Å². The summed E-state index contributed by atoms with van der Waals surface area (Å²) in [6, 6.07) is 7.98. The van der Waals surface area contributed by atoms with E-state index in [-0.39, 0.29) is 17.3 Å². The summed E-state index contributed by atoms with van der Waals surface area (Å²) in [4.78, 5) is 34.3. The first-order valence-corrected chi connectivity index (χ1v) is 14.9. The molecular weight excluding hydrogens is 528 g/mol. The summed E-state index contributed by atoms with van der Waals surface area (Å²) in [7, 11) is -1.97. The highest BCUT2D eigenvalue weighted by Crippen LogP contribution is 2.59. The lowest BCUT2D eigenvalue weighted by Crippen LogP contribution is -2.55. The van der Waals surface area contributed by atoms with Gasteiger partial charge in [0.1, 0.15) is 11.2 Å². The van der Waals surface area contributed by atoms with E-state index in [1.807, 2.05) is 0 Å². The molecule has 2 spiro atoms. The largest absolute Gasteiger partial charge is 0.371 e. The molecule has 0 radical (unpaired) electrons. The van der Waals surface area contributed by atoms with Gasteiger partial charge in [0, 0.05) is 33.0 Å². The van der Waals surface area contributed by atoms with Crippen molar-refractivity contribution >= 4 is 44.7 Å². The normalized spacial score (nSPS) is 22.0. The number of nitrogens with zero attached hydrogens (tertiary/aromatic N) is 3. The van der Waals surface area contributed by atoms with Crippen LogP contribution < -0.4 is 19.8 Å². The predicted octanol–water partition coefficient (Wildman–Crippen LogP) is 4.12. The van der Waals surface area contributed by atoms with Gasteiger partial charge in [0.2, 0.25) is 15.9 Å². The van der Waals surface area contributed by atoms with Crippen molar-refractivity contribution in [2.45, 2.75) is 56.8 Å². The van der Waals surface area contributed by atoms with Gasteiger partial charge in [-0.15, -0.1) is 0 Å². The molecule has 1 aromatic heterocycles. The van der Waals surface area contributed by atoms with Gasteiger partial charge in [0.15, 0.2) is 0 Å². The summed E-state index contributed by atoms with van der Waals surface area (Å²) in [5.41, 5.74) is 1.10. The molecule has 12 heteroatoms. The molecule has 1 aromatic carbocycles. The number of anilines is 4. The first kappa shape index (κ1) is 26.0. The van der Waals surface area contributed by atoms with Gasteiger partial charge in [0.05, 0.1) is 34.1 Å². The molecule has 4 aliphatic rings. The number of piperidine rings is 1. The SMILES string of the molecule is CCS(=O)(=O)Nc1ccc(C(=O)Nc2ccc3c(n2)C2(CC(F)(F)C2)C(=O)N3C)c(N2CCC3(CC2)CC3)c1. The minimum absolute atomic E-state index is 0.0775. The molecule has 208 valence electrons. The van der Waals surface area contributed by atoms with Crippen molar-refractivity contribution in [1.29, 1.82) is 0 Å². The number of nitrogens with one attached hydrogen (secondary N) is 2. The van der Waals surface area contributed by atoms with Crippen molar-refractivity contribution < 1.29 is 26.8 Å². The van der Waals surface area contributed by atoms with E-state index in [9.17, 15) is 26.8 Å². The number of hydrogen-bond acceptors (Lipinski definition) is 6. The summed E-state index contributed by atoms with van der Waals surface area (Å²) in [5.74, 6) is -3.72. The van der Waals surface area contributed by atoms with Gasteiger partial charge in [0.25, 0.3) is 11.8 Å². The number of amides is 2. The molecule has 1 saturated heterocycles. The maximum absolute atomic E-state index is 13.9. The fourth-order valence-electron chi connectivity index (χ4n) is 6.21. The molecule has 3 heterocycles. The number of alkyl halides is 2. The van der Waals surface area contributed by atoms with E-state index < -0.39 is 46.0 Å². The molecule has 0 unspecified atom stereocenters. The van der Waals surface area contributed by atoms with Crippen LogP contribution in [0.1, 0.15) is 61.5 Å². The molecule has 2 saturated carbocycles. The lowest BCUT2D eigenvalue weighted by Gasteiger charge is -2.42. The summed E-state index contributed by atoms with van der Waals surface area (Å²) in [5, 5.41) is 2.78. The average Bonchev–Trinajstić information content (AvgIpc) is 3.60. The highest BCUT2D eigenvalue weighted by atomic mass is 32.2. The van der Waals surface area contributed by atoms with E-state index >= 15 is 0 Å². The van der Waals surface area contributed by atoms with Crippen LogP contribution in [0.3, 0.4) is 0 Å². The van der Waals surface area contributed by atoms with Gasteiger partial charge in [-0.2, -0.15) is 0 Å². The second-order valence-electron chi connectivity index (χ2n) is 11.4. The van der Waals surface area contributed by atoms with Crippen LogP contribution in [0.4, 0.5) is 31.7 Å². The highest BCUT2D eigenvalue weighted by molar-refractivity contribution is 7.92. The quantitative estimate of drug-likeness (QED) is 0.551. The van der Waals surface area contributed by atoms with E-state index in [1.54, 1.807) is 37.3 Å². The average molecular weight is 560 g/mol. The van der Waals surface area contributed by atoms with E-state index in [1.165, 1.54) is 24.8 Å². The van der Waals surface area contributed by atoms with Crippen molar-refractivity contribution in [2.75, 3.05) is 45.7 Å². The van der Waals surface area contributed by atoms with Crippen molar-refractivity contribution in [3.8, 4) is 0 Å². The number of benzene rings is 1. The Kier molecular flexibility index (Phi) is 5.73. The Morgan fingerprint density at radius 1 is 1.05 bits per heavy atom. The van der Waals surface area contributed by atoms with E-state index in [0.29, 0.717) is 28.0 Å². The van der Waals surface area contributed by atoms with Crippen molar-refractivity contribution in [2.24, 2.45) is 5.41 Å². The second kappa shape index (κ2) is 8.61. The third-order valence-electron chi connectivity index (χ3n) is 8.78. The minimum atomic E-state index is -3.51. The molecule has 0 bridgehead atoms. The fourth-order valence-corrected chi connectivity index (χ4v) is 6.84. The number of carbonyl (C=O) groups excluding carboxylic acids is 2. The van der Waals surface area contributed by atoms with Gasteiger partial charge < -0.3 is 15.1 Å². The Labute approximate surface area is 226 Å². The molecule has 39 heavy (non-hydrogen) atoms. The summed E-state index contributed by atoms with van der Waals surface area (Å²) >= 11 is 0. The molecule has 2 amide bonds. The van der Waals surface area contributed by atoms with Gasteiger partial charge in [-0.05, 0) is 68.4 Å². The fraction of sp³-hybridized carbons (Fsp3) is 0.519. The number of pyridine rings is 1. The number of halogens is 2. The standard InChI is InChI=1S/C27H31F2N5O4S/c1-3-39(37,38)32-17-4-5-18(20(14-17)34-12-10-25(8-9-25)11-13-34)23(35)31-21-7-6-19-22(30-21)26(24(36)33(19)2)15-27(28,29)16-26/h4-7,14,32H,3,8-13,15-16H2,1-2H3,(H,30,31,35). The van der Waals surface area contributed by atoms with E-state index in [4.69, 9.17) is 0 Å². The molecule has 2 aromatic rings. The van der Waals surface area contributed by atoms with Crippen LogP contribution in [0.5, 0.6) is 0 Å². The molecular formula is C27H31F2N5O4S. The monoisotopic (exact) mass is 559 g/mol. The first-order chi connectivity index (χ1) is 18.4. The van der Waals surface area contributed by atoms with Crippen molar-refractivity contribution in [3.05, 3.63) is 41.6 Å². The Hall–Kier alpha value is -3.28. The third-order valence-corrected chi connectivity index (χ3v) is 10.1. The third kappa shape index (κ3) is 4.42. The summed E-state index contributed by atoms with van der Waals surface area (Å²) in [6.07, 6.45) is 3.27. The van der Waals surface area contributed by atoms with E-state index in [2.05, 4.69) is 19.9 Å². The Morgan fingerprint density at radius 2 is 1.74 bits per heavy atom. The number of carbonyl (C=O) groups is 2. The molecule has 6 rings (SSSR count). The molecule has 2 N–H and O–H groups in total. The van der Waals surface area contributed by atoms with Gasteiger partial charge >= 0.3 is 0 Å². The topological polar surface area (TPSA) is 112 Å². The molecule has 9 nitrogen and oxygen atoms in total. The van der Waals surface area contributed by atoms with Crippen LogP contribution in [0, 0.1) is 5.41 Å². The number of sulfonamides is 1. The molecule has 3 fully saturated rings. The Balaban J connectivity index is 1.29. The maximum atomic E-state index is 13.9. The second-order valence-corrected chi connectivity index (χ2v) is 13.4. The van der Waals surface area contributed by atoms with Crippen LogP contribution in [0.15, 0.2) is 30.3 Å². The maximum Gasteiger partial charge on any atom is 0.258 e. The van der Waals surface area contributed by atoms with Crippen LogP contribution in [-0.2, 0) is 20.2 Å². The minimum Gasteiger partial charge on any atom is -0.371 e. The number of fused-ring (bicyclic) bond motifs is 2. The molecule has 2 aliphatic carbocycles. The summed E-state index contributed by atoms with van der Waals surface area (Å²) < 4.78 is 54.7. The smallest absolute Gasteiger partial charge is 0.258 e. The van der Waals surface area contributed by atoms with Crippen LogP contribution in [0.25, 0.3) is 0 Å².